The van der Waals surface area contributed by atoms with Crippen LogP contribution in [0.2, 0.25) is 0 Å². The van der Waals surface area contributed by atoms with Gasteiger partial charge in [0.05, 0.1) is 0 Å². The molecule has 1 amide bonds. The van der Waals surface area contributed by atoms with Crippen molar-refractivity contribution in [1.29, 1.82) is 0 Å². The van der Waals surface area contributed by atoms with Gasteiger partial charge in [0.2, 0.25) is 0 Å². The van der Waals surface area contributed by atoms with Crippen molar-refractivity contribution in [2.24, 2.45) is 5.92 Å². The van der Waals surface area contributed by atoms with Crippen molar-refractivity contribution in [2.75, 3.05) is 0 Å². The lowest BCUT2D eigenvalue weighted by Crippen LogP contribution is -2.45. The molecule has 1 aromatic rings. The van der Waals surface area contributed by atoms with Gasteiger partial charge in [-0.25, -0.2) is 0 Å². The van der Waals surface area contributed by atoms with Crippen LogP contribution in [0, 0.1) is 12.8 Å². The SMILES string of the molecule is Cc1cc(C(=O)NC(C)(C)C2CC2)ccc1O. The third kappa shape index (κ3) is 2.60. The molecule has 17 heavy (non-hydrogen) atoms. The van der Waals surface area contributed by atoms with Gasteiger partial charge in [-0.15, -0.1) is 0 Å². The summed E-state index contributed by atoms with van der Waals surface area (Å²) in [5, 5.41) is 12.5. The lowest BCUT2D eigenvalue weighted by molar-refractivity contribution is 0.0903. The van der Waals surface area contributed by atoms with Crippen molar-refractivity contribution in [2.45, 2.75) is 39.2 Å². The molecule has 0 bridgehead atoms. The fourth-order valence-electron chi connectivity index (χ4n) is 2.07. The first-order valence-corrected chi connectivity index (χ1v) is 6.02. The van der Waals surface area contributed by atoms with Crippen LogP contribution in [-0.4, -0.2) is 16.6 Å². The van der Waals surface area contributed by atoms with Crippen LogP contribution in [-0.2, 0) is 0 Å². The first kappa shape index (κ1) is 12.0. The lowest BCUT2D eigenvalue weighted by atomic mass is 9.98. The first-order chi connectivity index (χ1) is 7.90. The number of phenols is 1. The summed E-state index contributed by atoms with van der Waals surface area (Å²) >= 11 is 0. The van der Waals surface area contributed by atoms with Gasteiger partial charge in [-0.1, -0.05) is 0 Å². The Morgan fingerprint density at radius 1 is 1.41 bits per heavy atom. The van der Waals surface area contributed by atoms with Crippen molar-refractivity contribution in [3.63, 3.8) is 0 Å². The number of rotatable bonds is 3. The summed E-state index contributed by atoms with van der Waals surface area (Å²) in [4.78, 5) is 12.1. The molecule has 3 nitrogen and oxygen atoms in total. The Morgan fingerprint density at radius 3 is 2.59 bits per heavy atom. The Labute approximate surface area is 102 Å². The second-order valence-electron chi connectivity index (χ2n) is 5.45. The minimum atomic E-state index is -0.136. The minimum absolute atomic E-state index is 0.0648. The highest BCUT2D eigenvalue weighted by Gasteiger charge is 2.38. The molecule has 2 N–H and O–H groups in total. The maximum absolute atomic E-state index is 12.1. The molecule has 0 aliphatic heterocycles. The number of hydrogen-bond donors (Lipinski definition) is 2. The van der Waals surface area contributed by atoms with Crippen molar-refractivity contribution in [1.82, 2.24) is 5.32 Å². The third-order valence-electron chi connectivity index (χ3n) is 3.49. The van der Waals surface area contributed by atoms with Crippen molar-refractivity contribution >= 4 is 5.91 Å². The summed E-state index contributed by atoms with van der Waals surface area (Å²) in [6, 6.07) is 4.93. The Kier molecular flexibility index (Phi) is 2.86. The van der Waals surface area contributed by atoms with Crippen LogP contribution >= 0.6 is 0 Å². The Hall–Kier alpha value is -1.51. The summed E-state index contributed by atoms with van der Waals surface area (Å²) in [6.07, 6.45) is 2.39. The topological polar surface area (TPSA) is 49.3 Å². The summed E-state index contributed by atoms with van der Waals surface area (Å²) in [7, 11) is 0. The standard InChI is InChI=1S/C14H19NO2/c1-9-8-10(4-7-12(9)16)13(17)15-14(2,3)11-5-6-11/h4,7-8,11,16H,5-6H2,1-3H3,(H,15,17). The predicted octanol–water partition coefficient (Wildman–Crippen LogP) is 2.62. The van der Waals surface area contributed by atoms with Gasteiger partial charge >= 0.3 is 0 Å². The van der Waals surface area contributed by atoms with Crippen LogP contribution in [0.15, 0.2) is 18.2 Å². The molecule has 0 unspecified atom stereocenters. The molecule has 1 aliphatic rings. The number of amides is 1. The molecule has 1 aromatic carbocycles. The molecule has 2 rings (SSSR count). The maximum atomic E-state index is 12.1. The van der Waals surface area contributed by atoms with Gasteiger partial charge in [-0.05, 0) is 63.3 Å². The van der Waals surface area contributed by atoms with E-state index < -0.39 is 0 Å². The number of aromatic hydroxyl groups is 1. The van der Waals surface area contributed by atoms with E-state index in [2.05, 4.69) is 19.2 Å². The van der Waals surface area contributed by atoms with Gasteiger partial charge in [0.25, 0.3) is 5.91 Å². The number of phenolic OH excluding ortho intramolecular Hbond substituents is 1. The molecule has 1 fully saturated rings. The predicted molar refractivity (Wildman–Crippen MR) is 67.1 cm³/mol. The molecule has 1 saturated carbocycles. The van der Waals surface area contributed by atoms with Gasteiger partial charge in [0, 0.05) is 11.1 Å². The van der Waals surface area contributed by atoms with Crippen molar-refractivity contribution in [3.05, 3.63) is 29.3 Å². The number of carbonyl (C=O) groups is 1. The summed E-state index contributed by atoms with van der Waals surface area (Å²) in [5.74, 6) is 0.762. The molecule has 0 spiro atoms. The fourth-order valence-corrected chi connectivity index (χ4v) is 2.07. The quantitative estimate of drug-likeness (QED) is 0.843. The summed E-state index contributed by atoms with van der Waals surface area (Å²) in [5.41, 5.74) is 1.19. The van der Waals surface area contributed by atoms with E-state index in [0.717, 1.165) is 5.56 Å². The average molecular weight is 233 g/mol. The van der Waals surface area contributed by atoms with Crippen LogP contribution in [0.4, 0.5) is 0 Å². The van der Waals surface area contributed by atoms with Gasteiger partial charge in [0.15, 0.2) is 0 Å². The molecule has 0 heterocycles. The van der Waals surface area contributed by atoms with E-state index in [0.29, 0.717) is 11.5 Å². The third-order valence-corrected chi connectivity index (χ3v) is 3.49. The maximum Gasteiger partial charge on any atom is 0.251 e. The van der Waals surface area contributed by atoms with E-state index in [1.54, 1.807) is 25.1 Å². The molecule has 0 radical (unpaired) electrons. The Balaban J connectivity index is 2.11. The highest BCUT2D eigenvalue weighted by molar-refractivity contribution is 5.95. The zero-order valence-corrected chi connectivity index (χ0v) is 10.6. The van der Waals surface area contributed by atoms with Crippen LogP contribution in [0.5, 0.6) is 5.75 Å². The van der Waals surface area contributed by atoms with E-state index in [-0.39, 0.29) is 17.2 Å². The van der Waals surface area contributed by atoms with E-state index >= 15 is 0 Å². The van der Waals surface area contributed by atoms with Crippen molar-refractivity contribution in [3.8, 4) is 5.75 Å². The highest BCUT2D eigenvalue weighted by atomic mass is 16.3. The second-order valence-corrected chi connectivity index (χ2v) is 5.45. The number of carbonyl (C=O) groups excluding carboxylic acids is 1. The fraction of sp³-hybridized carbons (Fsp3) is 0.500. The Bertz CT molecular complexity index is 448. The zero-order valence-electron chi connectivity index (χ0n) is 10.6. The molecular weight excluding hydrogens is 214 g/mol. The molecule has 1 aliphatic carbocycles. The van der Waals surface area contributed by atoms with Gasteiger partial charge in [0.1, 0.15) is 5.75 Å². The zero-order chi connectivity index (χ0) is 12.6. The minimum Gasteiger partial charge on any atom is -0.508 e. The molecular formula is C14H19NO2. The smallest absolute Gasteiger partial charge is 0.251 e. The average Bonchev–Trinajstić information content (AvgIpc) is 3.04. The largest absolute Gasteiger partial charge is 0.508 e. The summed E-state index contributed by atoms with van der Waals surface area (Å²) in [6.45, 7) is 5.92. The second kappa shape index (κ2) is 4.06. The number of aryl methyl sites for hydroxylation is 1. The van der Waals surface area contributed by atoms with Gasteiger partial charge in [-0.3, -0.25) is 4.79 Å². The van der Waals surface area contributed by atoms with Crippen LogP contribution in [0.25, 0.3) is 0 Å². The Morgan fingerprint density at radius 2 is 2.06 bits per heavy atom. The molecule has 3 heteroatoms. The van der Waals surface area contributed by atoms with E-state index in [4.69, 9.17) is 0 Å². The van der Waals surface area contributed by atoms with E-state index in [1.165, 1.54) is 12.8 Å². The van der Waals surface area contributed by atoms with Crippen LogP contribution < -0.4 is 5.32 Å². The van der Waals surface area contributed by atoms with E-state index in [9.17, 15) is 9.90 Å². The lowest BCUT2D eigenvalue weighted by Gasteiger charge is -2.26. The monoisotopic (exact) mass is 233 g/mol. The van der Waals surface area contributed by atoms with Crippen LogP contribution in [0.3, 0.4) is 0 Å². The molecule has 0 atom stereocenters. The van der Waals surface area contributed by atoms with Gasteiger partial charge < -0.3 is 10.4 Å². The number of benzene rings is 1. The number of hydrogen-bond acceptors (Lipinski definition) is 2. The van der Waals surface area contributed by atoms with Gasteiger partial charge in [-0.2, -0.15) is 0 Å². The number of nitrogens with one attached hydrogen (secondary N) is 1. The van der Waals surface area contributed by atoms with Crippen molar-refractivity contribution < 1.29 is 9.90 Å². The normalized spacial score (nSPS) is 15.7. The molecule has 92 valence electrons. The first-order valence-electron chi connectivity index (χ1n) is 6.02. The summed E-state index contributed by atoms with van der Waals surface area (Å²) < 4.78 is 0. The highest BCUT2D eigenvalue weighted by Crippen LogP contribution is 2.39. The van der Waals surface area contributed by atoms with E-state index in [1.807, 2.05) is 0 Å². The molecule has 0 aromatic heterocycles. The van der Waals surface area contributed by atoms with Crippen LogP contribution in [0.1, 0.15) is 42.6 Å². The molecule has 0 saturated heterocycles.